The molecule has 0 saturated carbocycles. The monoisotopic (exact) mass is 542 g/mol. The quantitative estimate of drug-likeness (QED) is 0.455. The second-order valence-corrected chi connectivity index (χ2v) is 10.7. The van der Waals surface area contributed by atoms with Crippen LogP contribution in [0.25, 0.3) is 0 Å². The summed E-state index contributed by atoms with van der Waals surface area (Å²) in [5.74, 6) is -0.507. The van der Waals surface area contributed by atoms with Crippen LogP contribution in [0.4, 0.5) is 15.3 Å². The first-order chi connectivity index (χ1) is 18.0. The van der Waals surface area contributed by atoms with Gasteiger partial charge in [0.05, 0.1) is 5.75 Å². The molecule has 38 heavy (non-hydrogen) atoms. The van der Waals surface area contributed by atoms with Gasteiger partial charge in [0.15, 0.2) is 0 Å². The summed E-state index contributed by atoms with van der Waals surface area (Å²) in [4.78, 5) is 52.2. The first kappa shape index (κ1) is 28.8. The summed E-state index contributed by atoms with van der Waals surface area (Å²) in [6.07, 6.45) is 0.139. The minimum Gasteiger partial charge on any atom is -0.488 e. The molecule has 2 aromatic carbocycles. The van der Waals surface area contributed by atoms with Crippen molar-refractivity contribution in [1.29, 1.82) is 0 Å². The zero-order chi connectivity index (χ0) is 27.7. The minimum atomic E-state index is -1.19. The molecule has 1 heterocycles. The van der Waals surface area contributed by atoms with Gasteiger partial charge in [-0.15, -0.1) is 0 Å². The Hall–Kier alpha value is -3.73. The van der Waals surface area contributed by atoms with Crippen molar-refractivity contribution in [3.05, 3.63) is 60.2 Å². The molecule has 204 valence electrons. The molecule has 0 saturated heterocycles. The number of hydrogen-bond donors (Lipinski definition) is 3. The minimum absolute atomic E-state index is 0.0941. The SMILES string of the molecule is CC(Oc1ccccc1)[C@H](NC(=O)OC(C)(C)C)C(=O)NNC(=O)SCC(=O)N1CCCc2ccccc21. The molecule has 11 heteroatoms. The van der Waals surface area contributed by atoms with Crippen LogP contribution in [0.3, 0.4) is 0 Å². The third-order valence-corrected chi connectivity index (χ3v) is 6.27. The van der Waals surface area contributed by atoms with Gasteiger partial charge in [0.25, 0.3) is 11.1 Å². The highest BCUT2D eigenvalue weighted by Crippen LogP contribution is 2.27. The predicted octanol–water partition coefficient (Wildman–Crippen LogP) is 3.80. The van der Waals surface area contributed by atoms with Crippen molar-refractivity contribution in [2.24, 2.45) is 0 Å². The van der Waals surface area contributed by atoms with Crippen molar-refractivity contribution >= 4 is 40.6 Å². The van der Waals surface area contributed by atoms with Crippen LogP contribution in [0, 0.1) is 0 Å². The average molecular weight is 543 g/mol. The number of hydrogen-bond acceptors (Lipinski definition) is 7. The maximum Gasteiger partial charge on any atom is 0.408 e. The molecule has 1 aliphatic heterocycles. The smallest absolute Gasteiger partial charge is 0.408 e. The number of amides is 4. The van der Waals surface area contributed by atoms with Crippen LogP contribution >= 0.6 is 11.8 Å². The van der Waals surface area contributed by atoms with E-state index in [0.29, 0.717) is 12.3 Å². The fourth-order valence-electron chi connectivity index (χ4n) is 3.84. The topological polar surface area (TPSA) is 126 Å². The van der Waals surface area contributed by atoms with Gasteiger partial charge >= 0.3 is 6.09 Å². The lowest BCUT2D eigenvalue weighted by Crippen LogP contribution is -2.57. The van der Waals surface area contributed by atoms with E-state index in [1.807, 2.05) is 30.3 Å². The molecule has 0 radical (unpaired) electrons. The van der Waals surface area contributed by atoms with Gasteiger partial charge in [-0.05, 0) is 64.3 Å². The first-order valence-corrected chi connectivity index (χ1v) is 13.3. The van der Waals surface area contributed by atoms with E-state index in [1.165, 1.54) is 0 Å². The third-order valence-electron chi connectivity index (χ3n) is 5.52. The summed E-state index contributed by atoms with van der Waals surface area (Å²) in [6, 6.07) is 15.3. The number of para-hydroxylation sites is 2. The molecular formula is C27H34N4O6S. The Balaban J connectivity index is 1.55. The van der Waals surface area contributed by atoms with E-state index >= 15 is 0 Å². The van der Waals surface area contributed by atoms with Gasteiger partial charge in [0, 0.05) is 12.2 Å². The Kier molecular flexibility index (Phi) is 10.0. The first-order valence-electron chi connectivity index (χ1n) is 12.4. The number of anilines is 1. The highest BCUT2D eigenvalue weighted by molar-refractivity contribution is 8.14. The number of alkyl carbamates (subject to hydrolysis) is 1. The van der Waals surface area contributed by atoms with Gasteiger partial charge < -0.3 is 19.7 Å². The second-order valence-electron chi connectivity index (χ2n) is 9.73. The van der Waals surface area contributed by atoms with E-state index in [0.717, 1.165) is 35.9 Å². The van der Waals surface area contributed by atoms with Gasteiger partial charge in [0.2, 0.25) is 5.91 Å². The molecule has 2 atom stereocenters. The Labute approximate surface area is 226 Å². The molecule has 0 bridgehead atoms. The van der Waals surface area contributed by atoms with E-state index in [9.17, 15) is 19.2 Å². The molecule has 0 fully saturated rings. The lowest BCUT2D eigenvalue weighted by Gasteiger charge is -2.29. The van der Waals surface area contributed by atoms with Crippen molar-refractivity contribution in [2.75, 3.05) is 17.2 Å². The fraction of sp³-hybridized carbons (Fsp3) is 0.407. The van der Waals surface area contributed by atoms with Gasteiger partial charge in [-0.2, -0.15) is 0 Å². The Morgan fingerprint density at radius 3 is 2.39 bits per heavy atom. The van der Waals surface area contributed by atoms with Crippen molar-refractivity contribution in [3.63, 3.8) is 0 Å². The normalized spacial score (nSPS) is 14.4. The highest BCUT2D eigenvalue weighted by Gasteiger charge is 2.31. The summed E-state index contributed by atoms with van der Waals surface area (Å²) in [6.45, 7) is 7.30. The predicted molar refractivity (Wildman–Crippen MR) is 146 cm³/mol. The Morgan fingerprint density at radius 1 is 1.00 bits per heavy atom. The van der Waals surface area contributed by atoms with Gasteiger partial charge in [-0.1, -0.05) is 48.2 Å². The van der Waals surface area contributed by atoms with Crippen molar-refractivity contribution < 1.29 is 28.7 Å². The number of carbonyl (C=O) groups is 4. The number of aryl methyl sites for hydroxylation is 1. The number of benzene rings is 2. The lowest BCUT2D eigenvalue weighted by atomic mass is 10.0. The van der Waals surface area contributed by atoms with Crippen molar-refractivity contribution in [3.8, 4) is 5.75 Å². The summed E-state index contributed by atoms with van der Waals surface area (Å²) in [5.41, 5.74) is 5.78. The van der Waals surface area contributed by atoms with Crippen LogP contribution in [0.1, 0.15) is 39.7 Å². The number of thioether (sulfide) groups is 1. The van der Waals surface area contributed by atoms with E-state index in [-0.39, 0.29) is 11.7 Å². The van der Waals surface area contributed by atoms with E-state index in [2.05, 4.69) is 16.2 Å². The maximum atomic E-state index is 12.9. The standard InChI is InChI=1S/C27H34N4O6S/c1-18(36-20-13-6-5-7-14-20)23(28-25(34)37-27(2,3)4)24(33)29-30-26(35)38-17-22(32)31-16-10-12-19-11-8-9-15-21(19)31/h5-9,11,13-15,18,23H,10,12,16-17H2,1-4H3,(H,28,34)(H,29,33)(H,30,35)/t18?,23-/m0/s1. The lowest BCUT2D eigenvalue weighted by molar-refractivity contribution is -0.125. The van der Waals surface area contributed by atoms with Gasteiger partial charge in [-0.3, -0.25) is 25.2 Å². The largest absolute Gasteiger partial charge is 0.488 e. The third kappa shape index (κ3) is 8.69. The van der Waals surface area contributed by atoms with Crippen molar-refractivity contribution in [2.45, 2.75) is 58.3 Å². The number of rotatable bonds is 7. The second kappa shape index (κ2) is 13.2. The molecule has 3 N–H and O–H groups in total. The summed E-state index contributed by atoms with van der Waals surface area (Å²) in [7, 11) is 0. The summed E-state index contributed by atoms with van der Waals surface area (Å²) in [5, 5.41) is 1.88. The van der Waals surface area contributed by atoms with Crippen LogP contribution in [-0.2, 0) is 20.7 Å². The zero-order valence-electron chi connectivity index (χ0n) is 22.0. The number of nitrogens with zero attached hydrogens (tertiary/aromatic N) is 1. The molecule has 1 aliphatic rings. The molecule has 2 aromatic rings. The highest BCUT2D eigenvalue weighted by atomic mass is 32.2. The fourth-order valence-corrected chi connectivity index (χ4v) is 4.37. The summed E-state index contributed by atoms with van der Waals surface area (Å²) >= 11 is 0.740. The Morgan fingerprint density at radius 2 is 1.68 bits per heavy atom. The number of hydrazine groups is 1. The number of carbonyl (C=O) groups excluding carboxylic acids is 4. The molecule has 0 aliphatic carbocycles. The molecular weight excluding hydrogens is 508 g/mol. The molecule has 3 rings (SSSR count). The van der Waals surface area contributed by atoms with E-state index < -0.39 is 35.0 Å². The Bertz CT molecular complexity index is 1140. The van der Waals surface area contributed by atoms with E-state index in [1.54, 1.807) is 56.9 Å². The van der Waals surface area contributed by atoms with Crippen LogP contribution in [0.2, 0.25) is 0 Å². The molecule has 10 nitrogen and oxygen atoms in total. The van der Waals surface area contributed by atoms with Gasteiger partial charge in [-0.25, -0.2) is 4.79 Å². The van der Waals surface area contributed by atoms with Crippen LogP contribution in [-0.4, -0.2) is 53.2 Å². The zero-order valence-corrected chi connectivity index (χ0v) is 22.8. The van der Waals surface area contributed by atoms with Gasteiger partial charge in [0.1, 0.15) is 23.5 Å². The van der Waals surface area contributed by atoms with Crippen LogP contribution in [0.5, 0.6) is 5.75 Å². The van der Waals surface area contributed by atoms with Crippen molar-refractivity contribution in [1.82, 2.24) is 16.2 Å². The molecule has 0 spiro atoms. The number of ether oxygens (including phenoxy) is 2. The number of nitrogens with one attached hydrogen (secondary N) is 3. The molecule has 1 unspecified atom stereocenters. The van der Waals surface area contributed by atoms with Crippen LogP contribution in [0.15, 0.2) is 54.6 Å². The van der Waals surface area contributed by atoms with Crippen LogP contribution < -0.4 is 25.8 Å². The molecule has 4 amide bonds. The average Bonchev–Trinajstić information content (AvgIpc) is 2.88. The maximum absolute atomic E-state index is 12.9. The van der Waals surface area contributed by atoms with E-state index in [4.69, 9.17) is 9.47 Å². The number of fused-ring (bicyclic) bond motifs is 1. The molecule has 0 aromatic heterocycles. The summed E-state index contributed by atoms with van der Waals surface area (Å²) < 4.78 is 11.1.